The molecule has 0 bridgehead atoms. The molecule has 0 saturated carbocycles. The summed E-state index contributed by atoms with van der Waals surface area (Å²) >= 11 is 1.55. The maximum absolute atomic E-state index is 12.5. The highest BCUT2D eigenvalue weighted by molar-refractivity contribution is 8.14. The number of nitrogens with one attached hydrogen (secondary N) is 1. The number of carbonyl (C=O) groups is 1. The molecule has 0 aliphatic carbocycles. The Labute approximate surface area is 136 Å². The lowest BCUT2D eigenvalue weighted by Crippen LogP contribution is -2.43. The summed E-state index contributed by atoms with van der Waals surface area (Å²) < 4.78 is 5.48. The first-order valence-electron chi connectivity index (χ1n) is 7.31. The maximum Gasteiger partial charge on any atom is 0.435 e. The summed E-state index contributed by atoms with van der Waals surface area (Å²) in [5.41, 5.74) is 5.74. The van der Waals surface area contributed by atoms with Gasteiger partial charge in [-0.1, -0.05) is 23.9 Å². The van der Waals surface area contributed by atoms with Gasteiger partial charge in [0.15, 0.2) is 5.17 Å². The van der Waals surface area contributed by atoms with Gasteiger partial charge < -0.3 is 4.74 Å². The number of carbonyl (C=O) groups excluding carboxylic acids is 1. The Balaban J connectivity index is 2.25. The third kappa shape index (κ3) is 4.16. The number of amidine groups is 1. The Hall–Kier alpha value is -1.69. The summed E-state index contributed by atoms with van der Waals surface area (Å²) in [5, 5.41) is 2.06. The van der Waals surface area contributed by atoms with E-state index in [0.29, 0.717) is 11.7 Å². The number of hydrazine groups is 1. The van der Waals surface area contributed by atoms with Gasteiger partial charge in [-0.3, -0.25) is 10.4 Å². The molecular weight excluding hydrogens is 298 g/mol. The fraction of sp³-hybridized carbons (Fsp3) is 0.500. The third-order valence-corrected chi connectivity index (χ3v) is 4.13. The molecule has 0 unspecified atom stereocenters. The molecule has 0 aromatic heterocycles. The van der Waals surface area contributed by atoms with E-state index in [1.165, 1.54) is 5.01 Å². The van der Waals surface area contributed by atoms with Crippen LogP contribution in [0, 0.1) is 13.8 Å². The number of rotatable bonds is 2. The largest absolute Gasteiger partial charge is 0.442 e. The van der Waals surface area contributed by atoms with Crippen LogP contribution in [0.5, 0.6) is 0 Å². The van der Waals surface area contributed by atoms with E-state index in [4.69, 9.17) is 4.74 Å². The van der Waals surface area contributed by atoms with Gasteiger partial charge in [0.2, 0.25) is 0 Å². The Morgan fingerprint density at radius 2 is 2.09 bits per heavy atom. The predicted octanol–water partition coefficient (Wildman–Crippen LogP) is 3.97. The molecule has 1 aliphatic heterocycles. The molecule has 0 saturated heterocycles. The summed E-state index contributed by atoms with van der Waals surface area (Å²) in [7, 11) is 0. The minimum atomic E-state index is -0.553. The van der Waals surface area contributed by atoms with Crippen LogP contribution in [0.1, 0.15) is 31.9 Å². The van der Waals surface area contributed by atoms with Gasteiger partial charge in [-0.2, -0.15) is 5.01 Å². The van der Waals surface area contributed by atoms with E-state index in [2.05, 4.69) is 10.4 Å². The van der Waals surface area contributed by atoms with Crippen LogP contribution in [0.15, 0.2) is 23.2 Å². The molecule has 0 atom stereocenters. The van der Waals surface area contributed by atoms with Crippen molar-refractivity contribution >= 4 is 28.7 Å². The summed E-state index contributed by atoms with van der Waals surface area (Å²) in [4.78, 5) is 16.9. The molecular formula is C16H23N3O2S. The molecule has 120 valence electrons. The minimum Gasteiger partial charge on any atom is -0.442 e. The Morgan fingerprint density at radius 1 is 1.36 bits per heavy atom. The Bertz CT molecular complexity index is 594. The lowest BCUT2D eigenvalue weighted by molar-refractivity contribution is 0.0404. The molecule has 0 fully saturated rings. The highest BCUT2D eigenvalue weighted by Gasteiger charge is 2.28. The highest BCUT2D eigenvalue weighted by atomic mass is 32.2. The molecule has 1 amide bonds. The second kappa shape index (κ2) is 6.60. The van der Waals surface area contributed by atoms with Gasteiger partial charge in [0.1, 0.15) is 5.60 Å². The van der Waals surface area contributed by atoms with Crippen molar-refractivity contribution < 1.29 is 9.53 Å². The number of benzene rings is 1. The first-order chi connectivity index (χ1) is 10.3. The van der Waals surface area contributed by atoms with E-state index in [0.717, 1.165) is 22.6 Å². The zero-order chi connectivity index (χ0) is 16.3. The van der Waals surface area contributed by atoms with Crippen LogP contribution in [-0.4, -0.2) is 34.2 Å². The zero-order valence-corrected chi connectivity index (χ0v) is 14.6. The van der Waals surface area contributed by atoms with Gasteiger partial charge >= 0.3 is 6.09 Å². The predicted molar refractivity (Wildman–Crippen MR) is 92.4 cm³/mol. The quantitative estimate of drug-likeness (QED) is 0.837. The Kier molecular flexibility index (Phi) is 5.01. The van der Waals surface area contributed by atoms with E-state index in [1.54, 1.807) is 11.8 Å². The topological polar surface area (TPSA) is 53.9 Å². The van der Waals surface area contributed by atoms with Crippen molar-refractivity contribution in [3.8, 4) is 0 Å². The first-order valence-corrected chi connectivity index (χ1v) is 8.30. The molecule has 1 N–H and O–H groups in total. The van der Waals surface area contributed by atoms with E-state index < -0.39 is 11.7 Å². The third-order valence-electron chi connectivity index (χ3n) is 3.17. The summed E-state index contributed by atoms with van der Waals surface area (Å²) in [6.45, 7) is 10.3. The molecule has 2 rings (SSSR count). The second-order valence-electron chi connectivity index (χ2n) is 6.19. The number of anilines is 1. The van der Waals surface area contributed by atoms with Crippen LogP contribution in [0.2, 0.25) is 0 Å². The molecule has 22 heavy (non-hydrogen) atoms. The van der Waals surface area contributed by atoms with Crippen LogP contribution < -0.4 is 5.43 Å². The van der Waals surface area contributed by atoms with E-state index >= 15 is 0 Å². The molecule has 6 heteroatoms. The van der Waals surface area contributed by atoms with Crippen LogP contribution in [0.25, 0.3) is 0 Å². The van der Waals surface area contributed by atoms with Gasteiger partial charge in [0.05, 0.1) is 12.2 Å². The van der Waals surface area contributed by atoms with Crippen molar-refractivity contribution in [1.29, 1.82) is 0 Å². The average molecular weight is 321 g/mol. The van der Waals surface area contributed by atoms with Gasteiger partial charge in [0.25, 0.3) is 0 Å². The number of nitrogens with zero attached hydrogens (tertiary/aromatic N) is 2. The van der Waals surface area contributed by atoms with Crippen LogP contribution in [-0.2, 0) is 4.74 Å². The first kappa shape index (κ1) is 16.7. The second-order valence-corrected chi connectivity index (χ2v) is 7.25. The number of amides is 1. The van der Waals surface area contributed by atoms with Crippen molar-refractivity contribution in [2.75, 3.05) is 17.7 Å². The number of aliphatic imine (C=N–C) groups is 1. The highest BCUT2D eigenvalue weighted by Crippen LogP contribution is 2.23. The zero-order valence-electron chi connectivity index (χ0n) is 13.8. The molecule has 1 aromatic carbocycles. The summed E-state index contributed by atoms with van der Waals surface area (Å²) in [6, 6.07) is 5.95. The molecule has 1 aromatic rings. The number of ether oxygens (including phenoxy) is 1. The summed E-state index contributed by atoms with van der Waals surface area (Å²) in [6.07, 6.45) is -0.443. The van der Waals surface area contributed by atoms with Crippen molar-refractivity contribution in [3.63, 3.8) is 0 Å². The lowest BCUT2D eigenvalue weighted by atomic mass is 10.1. The minimum absolute atomic E-state index is 0.443. The SMILES string of the molecule is Cc1cccc(NN(C(=O)OC(C)(C)C)C2=NCCS2)c1C. The summed E-state index contributed by atoms with van der Waals surface area (Å²) in [5.74, 6) is 0.878. The van der Waals surface area contributed by atoms with E-state index in [-0.39, 0.29) is 0 Å². The van der Waals surface area contributed by atoms with Crippen molar-refractivity contribution in [3.05, 3.63) is 29.3 Å². The van der Waals surface area contributed by atoms with Gasteiger partial charge in [-0.05, 0) is 51.8 Å². The molecule has 5 nitrogen and oxygen atoms in total. The number of thioether (sulfide) groups is 1. The van der Waals surface area contributed by atoms with E-state index in [1.807, 2.05) is 52.8 Å². The number of hydrogen-bond acceptors (Lipinski definition) is 5. The number of hydrogen-bond donors (Lipinski definition) is 1. The van der Waals surface area contributed by atoms with Gasteiger partial charge in [0, 0.05) is 5.75 Å². The van der Waals surface area contributed by atoms with Gasteiger partial charge in [-0.25, -0.2) is 4.79 Å². The van der Waals surface area contributed by atoms with Crippen molar-refractivity contribution in [2.45, 2.75) is 40.2 Å². The van der Waals surface area contributed by atoms with Crippen LogP contribution in [0.4, 0.5) is 10.5 Å². The van der Waals surface area contributed by atoms with Crippen LogP contribution in [0.3, 0.4) is 0 Å². The standard InChI is InChI=1S/C16H23N3O2S/c1-11-7-6-8-13(12(11)2)18-19(14-17-9-10-22-14)15(20)21-16(3,4)5/h6-8,18H,9-10H2,1-5H3. The maximum atomic E-state index is 12.5. The molecule has 0 radical (unpaired) electrons. The van der Waals surface area contributed by atoms with Crippen molar-refractivity contribution in [2.24, 2.45) is 4.99 Å². The monoisotopic (exact) mass is 321 g/mol. The average Bonchev–Trinajstić information content (AvgIpc) is 2.92. The molecule has 1 aliphatic rings. The van der Waals surface area contributed by atoms with Gasteiger partial charge in [-0.15, -0.1) is 0 Å². The lowest BCUT2D eigenvalue weighted by Gasteiger charge is -2.28. The molecule has 0 spiro atoms. The van der Waals surface area contributed by atoms with Crippen molar-refractivity contribution in [1.82, 2.24) is 5.01 Å². The fourth-order valence-corrected chi connectivity index (χ4v) is 2.73. The van der Waals surface area contributed by atoms with E-state index in [9.17, 15) is 4.79 Å². The van der Waals surface area contributed by atoms with Crippen LogP contribution >= 0.6 is 11.8 Å². The Morgan fingerprint density at radius 3 is 2.68 bits per heavy atom. The molecule has 1 heterocycles. The normalized spacial score (nSPS) is 14.5. The number of aryl methyl sites for hydroxylation is 1. The fourth-order valence-electron chi connectivity index (χ4n) is 1.93. The smallest absolute Gasteiger partial charge is 0.435 e.